The zero-order valence-electron chi connectivity index (χ0n) is 13.9. The van der Waals surface area contributed by atoms with Gasteiger partial charge in [-0.3, -0.25) is 19.4 Å². The number of amides is 1. The van der Waals surface area contributed by atoms with Gasteiger partial charge in [-0.2, -0.15) is 10.2 Å². The van der Waals surface area contributed by atoms with Crippen molar-refractivity contribution in [1.82, 2.24) is 24.9 Å². The third kappa shape index (κ3) is 4.01. The Kier molecular flexibility index (Phi) is 5.08. The molecule has 3 rings (SSSR count). The van der Waals surface area contributed by atoms with Gasteiger partial charge in [0.25, 0.3) is 0 Å². The Balaban J connectivity index is 1.57. The van der Waals surface area contributed by atoms with Crippen molar-refractivity contribution in [2.75, 3.05) is 13.1 Å². The lowest BCUT2D eigenvalue weighted by Crippen LogP contribution is -2.41. The van der Waals surface area contributed by atoms with Gasteiger partial charge in [0.15, 0.2) is 0 Å². The van der Waals surface area contributed by atoms with E-state index in [2.05, 4.69) is 15.3 Å². The first-order valence-corrected chi connectivity index (χ1v) is 8.56. The number of nitrogens with zero attached hydrogens (tertiary/aromatic N) is 4. The molecule has 0 saturated carbocycles. The molecule has 0 aromatic carbocycles. The van der Waals surface area contributed by atoms with Crippen LogP contribution in [0.3, 0.4) is 0 Å². The van der Waals surface area contributed by atoms with Gasteiger partial charge >= 0.3 is 5.97 Å². The fraction of sp³-hybridized carbons (Fsp3) is 0.500. The summed E-state index contributed by atoms with van der Waals surface area (Å²) < 4.78 is 1.57. The Bertz CT molecular complexity index is 763. The summed E-state index contributed by atoms with van der Waals surface area (Å²) in [5.74, 6) is -0.632. The number of carbonyl (C=O) groups excluding carboxylic acids is 1. The number of halogens is 1. The number of hydrogen-bond acceptors (Lipinski definition) is 4. The van der Waals surface area contributed by atoms with Gasteiger partial charge in [0.2, 0.25) is 5.91 Å². The number of aromatic amines is 1. The molecule has 9 heteroatoms. The highest BCUT2D eigenvalue weighted by atomic mass is 35.5. The molecule has 0 bridgehead atoms. The number of carboxylic acids is 1. The summed E-state index contributed by atoms with van der Waals surface area (Å²) in [4.78, 5) is 25.2. The Morgan fingerprint density at radius 3 is 2.76 bits per heavy atom. The quantitative estimate of drug-likeness (QED) is 0.841. The van der Waals surface area contributed by atoms with E-state index >= 15 is 0 Å². The molecule has 1 fully saturated rings. The predicted molar refractivity (Wildman–Crippen MR) is 90.4 cm³/mol. The fourth-order valence-electron chi connectivity index (χ4n) is 3.14. The van der Waals surface area contributed by atoms with Crippen molar-refractivity contribution >= 4 is 23.5 Å². The molecule has 0 aliphatic carbocycles. The van der Waals surface area contributed by atoms with Gasteiger partial charge < -0.3 is 10.0 Å². The largest absolute Gasteiger partial charge is 0.481 e. The van der Waals surface area contributed by atoms with Crippen molar-refractivity contribution in [3.63, 3.8) is 0 Å². The number of likely N-dealkylation sites (tertiary alicyclic amines) is 1. The van der Waals surface area contributed by atoms with Crippen molar-refractivity contribution < 1.29 is 14.7 Å². The van der Waals surface area contributed by atoms with Crippen LogP contribution in [0.1, 0.15) is 43.1 Å². The fourth-order valence-corrected chi connectivity index (χ4v) is 3.29. The zero-order valence-corrected chi connectivity index (χ0v) is 14.6. The number of rotatable bonds is 5. The van der Waals surface area contributed by atoms with Crippen molar-refractivity contribution in [2.24, 2.45) is 0 Å². The molecule has 1 amide bonds. The van der Waals surface area contributed by atoms with E-state index in [1.807, 2.05) is 17.9 Å². The van der Waals surface area contributed by atoms with Crippen LogP contribution in [0.2, 0.25) is 5.02 Å². The monoisotopic (exact) mass is 365 g/mol. The molecule has 1 saturated heterocycles. The Morgan fingerprint density at radius 1 is 1.44 bits per heavy atom. The highest BCUT2D eigenvalue weighted by molar-refractivity contribution is 6.30. The highest BCUT2D eigenvalue weighted by Gasteiger charge is 2.28. The van der Waals surface area contributed by atoms with Crippen LogP contribution in [0.5, 0.6) is 0 Å². The van der Waals surface area contributed by atoms with Gasteiger partial charge in [0, 0.05) is 30.9 Å². The van der Waals surface area contributed by atoms with E-state index < -0.39 is 12.0 Å². The number of carbonyl (C=O) groups is 2. The third-order valence-corrected chi connectivity index (χ3v) is 4.74. The summed E-state index contributed by atoms with van der Waals surface area (Å²) in [5.41, 5.74) is 1.47. The van der Waals surface area contributed by atoms with Gasteiger partial charge in [-0.15, -0.1) is 0 Å². The second-order valence-corrected chi connectivity index (χ2v) is 6.74. The van der Waals surface area contributed by atoms with Crippen LogP contribution >= 0.6 is 11.6 Å². The van der Waals surface area contributed by atoms with E-state index in [-0.39, 0.29) is 18.2 Å². The van der Waals surface area contributed by atoms with Crippen molar-refractivity contribution in [2.45, 2.75) is 38.1 Å². The number of H-pyrrole nitrogens is 1. The average Bonchev–Trinajstić information content (AvgIpc) is 3.22. The second kappa shape index (κ2) is 7.26. The summed E-state index contributed by atoms with van der Waals surface area (Å²) in [5, 5.41) is 20.4. The maximum atomic E-state index is 12.6. The van der Waals surface area contributed by atoms with Gasteiger partial charge in [-0.25, -0.2) is 0 Å². The molecule has 2 aromatic rings. The predicted octanol–water partition coefficient (Wildman–Crippen LogP) is 1.85. The minimum Gasteiger partial charge on any atom is -0.481 e. The summed E-state index contributed by atoms with van der Waals surface area (Å²) in [6.07, 6.45) is 4.70. The number of aliphatic carboxylic acids is 1. The molecule has 134 valence electrons. The minimum absolute atomic E-state index is 0.0202. The SMILES string of the molecule is CC(C(=O)N1CCC(c2cc(CC(=O)O)[nH]n2)CC1)n1cc(Cl)cn1. The average molecular weight is 366 g/mol. The van der Waals surface area contributed by atoms with Crippen LogP contribution in [-0.2, 0) is 16.0 Å². The van der Waals surface area contributed by atoms with Gasteiger partial charge in [-0.05, 0) is 25.8 Å². The summed E-state index contributed by atoms with van der Waals surface area (Å²) >= 11 is 5.86. The molecule has 2 N–H and O–H groups in total. The maximum Gasteiger partial charge on any atom is 0.309 e. The number of carboxylic acid groups (broad SMARTS) is 1. The highest BCUT2D eigenvalue weighted by Crippen LogP contribution is 2.28. The van der Waals surface area contributed by atoms with E-state index in [1.165, 1.54) is 6.20 Å². The zero-order chi connectivity index (χ0) is 18.0. The van der Waals surface area contributed by atoms with Crippen LogP contribution in [0.15, 0.2) is 18.5 Å². The topological polar surface area (TPSA) is 104 Å². The summed E-state index contributed by atoms with van der Waals surface area (Å²) in [7, 11) is 0. The molecule has 0 spiro atoms. The van der Waals surface area contributed by atoms with E-state index in [1.54, 1.807) is 10.9 Å². The van der Waals surface area contributed by atoms with Gasteiger partial charge in [0.1, 0.15) is 6.04 Å². The molecule has 25 heavy (non-hydrogen) atoms. The van der Waals surface area contributed by atoms with Gasteiger partial charge in [-0.1, -0.05) is 11.6 Å². The molecule has 1 atom stereocenters. The van der Waals surface area contributed by atoms with Crippen LogP contribution in [-0.4, -0.2) is 55.0 Å². The Labute approximate surface area is 149 Å². The Hall–Kier alpha value is -2.35. The van der Waals surface area contributed by atoms with Crippen molar-refractivity contribution in [1.29, 1.82) is 0 Å². The van der Waals surface area contributed by atoms with E-state index in [0.717, 1.165) is 18.5 Å². The molecule has 3 heterocycles. The first-order valence-electron chi connectivity index (χ1n) is 8.18. The standard InChI is InChI=1S/C16H20ClN5O3/c1-10(22-9-12(17)8-18-22)16(25)21-4-2-11(3-5-21)14-6-13(19-20-14)7-15(23)24/h6,8-11H,2-5,7H2,1H3,(H,19,20)(H,23,24). The maximum absolute atomic E-state index is 12.6. The second-order valence-electron chi connectivity index (χ2n) is 6.30. The smallest absolute Gasteiger partial charge is 0.309 e. The molecule has 1 aliphatic heterocycles. The van der Waals surface area contributed by atoms with Crippen LogP contribution in [0.4, 0.5) is 0 Å². The number of hydrogen-bond donors (Lipinski definition) is 2. The van der Waals surface area contributed by atoms with E-state index in [0.29, 0.717) is 23.8 Å². The normalized spacial score (nSPS) is 16.8. The van der Waals surface area contributed by atoms with Crippen LogP contribution in [0.25, 0.3) is 0 Å². The van der Waals surface area contributed by atoms with Crippen LogP contribution < -0.4 is 0 Å². The molecule has 8 nitrogen and oxygen atoms in total. The lowest BCUT2D eigenvalue weighted by molar-refractivity contribution is -0.136. The molecular formula is C16H20ClN5O3. The first-order chi connectivity index (χ1) is 11.9. The van der Waals surface area contributed by atoms with Crippen molar-refractivity contribution in [3.8, 4) is 0 Å². The summed E-state index contributed by atoms with van der Waals surface area (Å²) in [6.45, 7) is 3.09. The minimum atomic E-state index is -0.886. The molecule has 2 aromatic heterocycles. The van der Waals surface area contributed by atoms with Gasteiger partial charge in [0.05, 0.1) is 23.3 Å². The van der Waals surface area contributed by atoms with Crippen LogP contribution in [0, 0.1) is 0 Å². The number of nitrogens with one attached hydrogen (secondary N) is 1. The number of aromatic nitrogens is 4. The lowest BCUT2D eigenvalue weighted by atomic mass is 9.93. The first kappa shape index (κ1) is 17.5. The molecule has 0 radical (unpaired) electrons. The van der Waals surface area contributed by atoms with E-state index in [9.17, 15) is 9.59 Å². The molecule has 1 aliphatic rings. The molecule has 1 unspecified atom stereocenters. The number of piperidine rings is 1. The van der Waals surface area contributed by atoms with E-state index in [4.69, 9.17) is 16.7 Å². The van der Waals surface area contributed by atoms with Crippen molar-refractivity contribution in [3.05, 3.63) is 34.9 Å². The lowest BCUT2D eigenvalue weighted by Gasteiger charge is -2.33. The molecular weight excluding hydrogens is 346 g/mol. The summed E-state index contributed by atoms with van der Waals surface area (Å²) in [6, 6.07) is 1.42. The third-order valence-electron chi connectivity index (χ3n) is 4.54. The Morgan fingerprint density at radius 2 is 2.16 bits per heavy atom.